The number of rotatable bonds is 7. The number of primary amides is 1. The summed E-state index contributed by atoms with van der Waals surface area (Å²) in [5, 5.41) is 3.25. The number of aromatic amines is 1. The predicted octanol–water partition coefficient (Wildman–Crippen LogP) is 2.73. The fourth-order valence-electron chi connectivity index (χ4n) is 2.70. The van der Waals surface area contributed by atoms with Gasteiger partial charge in [0.15, 0.2) is 5.03 Å². The van der Waals surface area contributed by atoms with E-state index < -0.39 is 11.8 Å². The SMILES string of the molecule is COc1ccccc1NC(=O)c1cc(C(N)=O)c(SCc2ccccc2)[nH+]c1N. The molecule has 0 aliphatic rings. The summed E-state index contributed by atoms with van der Waals surface area (Å²) in [6, 6.07) is 18.2. The summed E-state index contributed by atoms with van der Waals surface area (Å²) in [6.45, 7) is 0. The van der Waals surface area contributed by atoms with Crippen molar-refractivity contribution < 1.29 is 19.3 Å². The molecule has 8 heteroatoms. The minimum Gasteiger partial charge on any atom is -0.495 e. The molecule has 6 N–H and O–H groups in total. The van der Waals surface area contributed by atoms with Gasteiger partial charge >= 0.3 is 0 Å². The Morgan fingerprint density at radius 2 is 1.76 bits per heavy atom. The second-order valence-electron chi connectivity index (χ2n) is 6.13. The quantitative estimate of drug-likeness (QED) is 0.518. The van der Waals surface area contributed by atoms with Gasteiger partial charge in [0.1, 0.15) is 11.3 Å². The topological polar surface area (TPSA) is 122 Å². The molecule has 3 rings (SSSR count). The summed E-state index contributed by atoms with van der Waals surface area (Å²) in [7, 11) is 1.51. The van der Waals surface area contributed by atoms with E-state index in [1.54, 1.807) is 24.3 Å². The first-order chi connectivity index (χ1) is 14.0. The highest BCUT2D eigenvalue weighted by atomic mass is 32.2. The van der Waals surface area contributed by atoms with Crippen LogP contribution >= 0.6 is 11.8 Å². The number of nitrogens with one attached hydrogen (secondary N) is 2. The van der Waals surface area contributed by atoms with Crippen molar-refractivity contribution in [3.8, 4) is 5.75 Å². The fourth-order valence-corrected chi connectivity index (χ4v) is 3.70. The molecule has 1 aromatic heterocycles. The van der Waals surface area contributed by atoms with E-state index in [-0.39, 0.29) is 16.9 Å². The number of nitrogen functional groups attached to an aromatic ring is 1. The van der Waals surface area contributed by atoms with Crippen LogP contribution in [0.1, 0.15) is 26.3 Å². The number of aromatic nitrogens is 1. The van der Waals surface area contributed by atoms with Crippen molar-refractivity contribution in [1.82, 2.24) is 0 Å². The van der Waals surface area contributed by atoms with Crippen molar-refractivity contribution in [3.05, 3.63) is 77.4 Å². The van der Waals surface area contributed by atoms with Gasteiger partial charge in [0, 0.05) is 5.75 Å². The standard InChI is InChI=1S/C21H20N4O3S/c1-28-17-10-6-5-9-16(17)24-20(27)14-11-15(19(23)26)21(25-18(14)22)29-12-13-7-3-2-4-8-13/h2-11H,12H2,1H3,(H2,22,25)(H2,23,26)(H,24,27)/p+1. The van der Waals surface area contributed by atoms with Gasteiger partial charge in [-0.3, -0.25) is 15.3 Å². The Bertz CT molecular complexity index is 1040. The molecule has 29 heavy (non-hydrogen) atoms. The lowest BCUT2D eigenvalue weighted by atomic mass is 10.1. The maximum Gasteiger partial charge on any atom is 0.284 e. The number of para-hydroxylation sites is 2. The molecule has 148 valence electrons. The normalized spacial score (nSPS) is 10.4. The molecule has 0 fully saturated rings. The van der Waals surface area contributed by atoms with Crippen LogP contribution in [0.3, 0.4) is 0 Å². The van der Waals surface area contributed by atoms with Crippen LogP contribution in [0, 0.1) is 0 Å². The highest BCUT2D eigenvalue weighted by molar-refractivity contribution is 7.98. The maximum atomic E-state index is 12.7. The van der Waals surface area contributed by atoms with Crippen molar-refractivity contribution in [2.75, 3.05) is 18.2 Å². The number of H-pyrrole nitrogens is 1. The number of hydrogen-bond acceptors (Lipinski definition) is 5. The summed E-state index contributed by atoms with van der Waals surface area (Å²) in [6.07, 6.45) is 0. The molecule has 2 amide bonds. The average Bonchev–Trinajstić information content (AvgIpc) is 2.73. The number of benzene rings is 2. The number of ether oxygens (including phenoxy) is 1. The number of carbonyl (C=O) groups excluding carboxylic acids is 2. The van der Waals surface area contributed by atoms with Crippen molar-refractivity contribution in [3.63, 3.8) is 0 Å². The fraction of sp³-hybridized carbons (Fsp3) is 0.0952. The lowest BCUT2D eigenvalue weighted by molar-refractivity contribution is -0.410. The van der Waals surface area contributed by atoms with Gasteiger partial charge in [0.2, 0.25) is 0 Å². The number of methoxy groups -OCH3 is 1. The van der Waals surface area contributed by atoms with Crippen LogP contribution in [0.25, 0.3) is 0 Å². The van der Waals surface area contributed by atoms with Crippen molar-refractivity contribution in [2.45, 2.75) is 10.8 Å². The molecule has 0 unspecified atom stereocenters. The van der Waals surface area contributed by atoms with Crippen LogP contribution < -0.4 is 26.5 Å². The van der Waals surface area contributed by atoms with E-state index in [9.17, 15) is 9.59 Å². The number of thioether (sulfide) groups is 1. The summed E-state index contributed by atoms with van der Waals surface area (Å²) in [4.78, 5) is 27.7. The first-order valence-electron chi connectivity index (χ1n) is 8.76. The zero-order valence-corrected chi connectivity index (χ0v) is 16.6. The van der Waals surface area contributed by atoms with E-state index >= 15 is 0 Å². The third kappa shape index (κ3) is 4.85. The Balaban J connectivity index is 1.87. The molecular formula is C21H21N4O3S+. The van der Waals surface area contributed by atoms with E-state index in [2.05, 4.69) is 10.3 Å². The molecule has 0 aliphatic heterocycles. The van der Waals surface area contributed by atoms with E-state index in [1.807, 2.05) is 30.3 Å². The van der Waals surface area contributed by atoms with E-state index in [1.165, 1.54) is 24.9 Å². The Kier molecular flexibility index (Phi) is 6.36. The third-order valence-electron chi connectivity index (χ3n) is 4.16. The number of amides is 2. The highest BCUT2D eigenvalue weighted by Crippen LogP contribution is 2.27. The predicted molar refractivity (Wildman–Crippen MR) is 113 cm³/mol. The Labute approximate surface area is 172 Å². The largest absolute Gasteiger partial charge is 0.495 e. The van der Waals surface area contributed by atoms with Crippen LogP contribution in [-0.2, 0) is 5.75 Å². The molecule has 0 radical (unpaired) electrons. The van der Waals surface area contributed by atoms with Crippen LogP contribution in [0.5, 0.6) is 5.75 Å². The Morgan fingerprint density at radius 1 is 1.07 bits per heavy atom. The first kappa shape index (κ1) is 20.2. The van der Waals surface area contributed by atoms with Gasteiger partial charge in [-0.1, -0.05) is 54.2 Å². The second-order valence-corrected chi connectivity index (χ2v) is 7.12. The van der Waals surface area contributed by atoms with Gasteiger partial charge in [-0.05, 0) is 23.8 Å². The third-order valence-corrected chi connectivity index (χ3v) is 5.25. The van der Waals surface area contributed by atoms with Crippen LogP contribution in [0.15, 0.2) is 65.7 Å². The van der Waals surface area contributed by atoms with Gasteiger partial charge in [0.05, 0.1) is 18.4 Å². The number of nitrogens with two attached hydrogens (primary N) is 2. The van der Waals surface area contributed by atoms with Gasteiger partial charge in [0.25, 0.3) is 17.6 Å². The summed E-state index contributed by atoms with van der Waals surface area (Å²) < 4.78 is 5.24. The van der Waals surface area contributed by atoms with Crippen molar-refractivity contribution >= 4 is 35.1 Å². The molecule has 2 aromatic carbocycles. The van der Waals surface area contributed by atoms with Gasteiger partial charge in [-0.2, -0.15) is 0 Å². The van der Waals surface area contributed by atoms with Crippen molar-refractivity contribution in [2.24, 2.45) is 5.73 Å². The Morgan fingerprint density at radius 3 is 2.45 bits per heavy atom. The number of carbonyl (C=O) groups is 2. The molecular weight excluding hydrogens is 388 g/mol. The molecule has 0 bridgehead atoms. The van der Waals surface area contributed by atoms with Crippen LogP contribution in [-0.4, -0.2) is 18.9 Å². The lowest BCUT2D eigenvalue weighted by Gasteiger charge is -2.11. The number of hydrogen-bond donors (Lipinski definition) is 3. The molecule has 1 heterocycles. The molecule has 0 saturated carbocycles. The van der Waals surface area contributed by atoms with E-state index in [4.69, 9.17) is 16.2 Å². The average molecular weight is 409 g/mol. The zero-order valence-electron chi connectivity index (χ0n) is 15.8. The van der Waals surface area contributed by atoms with E-state index in [0.717, 1.165) is 5.56 Å². The highest BCUT2D eigenvalue weighted by Gasteiger charge is 2.23. The molecule has 0 saturated heterocycles. The zero-order chi connectivity index (χ0) is 20.8. The Hall–Kier alpha value is -3.52. The summed E-state index contributed by atoms with van der Waals surface area (Å²) in [5.74, 6) is 0.129. The van der Waals surface area contributed by atoms with Gasteiger partial charge in [-0.25, -0.2) is 4.98 Å². The van der Waals surface area contributed by atoms with Crippen LogP contribution in [0.4, 0.5) is 11.5 Å². The van der Waals surface area contributed by atoms with Crippen LogP contribution in [0.2, 0.25) is 0 Å². The van der Waals surface area contributed by atoms with Gasteiger partial charge < -0.3 is 15.8 Å². The van der Waals surface area contributed by atoms with E-state index in [0.29, 0.717) is 22.2 Å². The lowest BCUT2D eigenvalue weighted by Crippen LogP contribution is -2.26. The minimum atomic E-state index is -0.650. The monoisotopic (exact) mass is 409 g/mol. The molecule has 7 nitrogen and oxygen atoms in total. The maximum absolute atomic E-state index is 12.7. The summed E-state index contributed by atoms with van der Waals surface area (Å²) in [5.41, 5.74) is 13.5. The first-order valence-corrected chi connectivity index (χ1v) is 9.75. The molecule has 0 aliphatic carbocycles. The molecule has 3 aromatic rings. The number of pyridine rings is 1. The van der Waals surface area contributed by atoms with Gasteiger partial charge in [-0.15, -0.1) is 0 Å². The van der Waals surface area contributed by atoms with Crippen molar-refractivity contribution in [1.29, 1.82) is 0 Å². The molecule has 0 spiro atoms. The summed E-state index contributed by atoms with van der Waals surface area (Å²) >= 11 is 1.39. The number of anilines is 2. The molecule has 0 atom stereocenters. The minimum absolute atomic E-state index is 0.119. The second kappa shape index (κ2) is 9.11. The smallest absolute Gasteiger partial charge is 0.284 e.